The van der Waals surface area contributed by atoms with Crippen molar-refractivity contribution in [3.63, 3.8) is 0 Å². The van der Waals surface area contributed by atoms with Crippen LogP contribution in [0.25, 0.3) is 0 Å². The molecule has 92 valence electrons. The van der Waals surface area contributed by atoms with E-state index in [1.165, 1.54) is 13.2 Å². The molecule has 0 amide bonds. The number of carbonyl (C=O) groups excluding carboxylic acids is 1. The summed E-state index contributed by atoms with van der Waals surface area (Å²) in [7, 11) is 1.25. The van der Waals surface area contributed by atoms with Crippen molar-refractivity contribution < 1.29 is 22.7 Å². The quantitative estimate of drug-likeness (QED) is 0.425. The van der Waals surface area contributed by atoms with E-state index in [1.807, 2.05) is 0 Å². The van der Waals surface area contributed by atoms with Gasteiger partial charge in [0.1, 0.15) is 0 Å². The summed E-state index contributed by atoms with van der Waals surface area (Å²) in [5.41, 5.74) is 0.0800. The molecule has 0 aromatic heterocycles. The van der Waals surface area contributed by atoms with Crippen LogP contribution in [-0.4, -0.2) is 19.3 Å². The number of allylic oxidation sites excluding steroid dienone is 3. The molecule has 0 saturated carbocycles. The summed E-state index contributed by atoms with van der Waals surface area (Å²) in [6.07, 6.45) is -1.21. The van der Waals surface area contributed by atoms with E-state index in [1.54, 1.807) is 6.92 Å². The zero-order chi connectivity index (χ0) is 12.8. The highest BCUT2D eigenvalue weighted by Gasteiger charge is 2.29. The minimum Gasteiger partial charge on any atom is -0.466 e. The van der Waals surface area contributed by atoms with Crippen LogP contribution in [0, 0.1) is 0 Å². The number of methoxy groups -OCH3 is 1. The van der Waals surface area contributed by atoms with E-state index in [4.69, 9.17) is 0 Å². The number of alkyl halides is 3. The van der Waals surface area contributed by atoms with Crippen molar-refractivity contribution in [2.24, 2.45) is 0 Å². The van der Waals surface area contributed by atoms with Crippen LogP contribution in [0.1, 0.15) is 26.7 Å². The standard InChI is InChI=1S/C11H15F3O2/c1-8(7-10(15)16-3)5-4-6-9(2)11(12,13)14/h6-7H,4-5H2,1-3H3/b8-7+,9-6-. The van der Waals surface area contributed by atoms with Gasteiger partial charge in [0, 0.05) is 11.6 Å². The van der Waals surface area contributed by atoms with E-state index in [9.17, 15) is 18.0 Å². The molecular formula is C11H15F3O2. The summed E-state index contributed by atoms with van der Waals surface area (Å²) in [6.45, 7) is 2.70. The third-order valence-corrected chi connectivity index (χ3v) is 2.00. The van der Waals surface area contributed by atoms with Crippen molar-refractivity contribution in [2.45, 2.75) is 32.9 Å². The minimum atomic E-state index is -4.26. The predicted octanol–water partition coefficient (Wildman–Crippen LogP) is 3.39. The van der Waals surface area contributed by atoms with E-state index in [0.717, 1.165) is 13.0 Å². The van der Waals surface area contributed by atoms with E-state index in [2.05, 4.69) is 4.74 Å². The highest BCUT2D eigenvalue weighted by atomic mass is 19.4. The monoisotopic (exact) mass is 236 g/mol. The van der Waals surface area contributed by atoms with E-state index < -0.39 is 17.7 Å². The number of halogens is 3. The Balaban J connectivity index is 4.18. The molecule has 0 spiro atoms. The zero-order valence-corrected chi connectivity index (χ0v) is 9.52. The molecule has 0 aliphatic rings. The third kappa shape index (κ3) is 6.27. The van der Waals surface area contributed by atoms with Gasteiger partial charge in [0.2, 0.25) is 0 Å². The third-order valence-electron chi connectivity index (χ3n) is 2.00. The molecule has 0 rings (SSSR count). The van der Waals surface area contributed by atoms with Crippen molar-refractivity contribution in [3.8, 4) is 0 Å². The van der Waals surface area contributed by atoms with Crippen molar-refractivity contribution in [3.05, 3.63) is 23.3 Å². The van der Waals surface area contributed by atoms with Gasteiger partial charge < -0.3 is 4.74 Å². The Morgan fingerprint density at radius 3 is 2.31 bits per heavy atom. The number of hydrogen-bond acceptors (Lipinski definition) is 2. The summed E-state index contributed by atoms with van der Waals surface area (Å²) in [6, 6.07) is 0. The average Bonchev–Trinajstić information content (AvgIpc) is 2.15. The fraction of sp³-hybridized carbons (Fsp3) is 0.545. The van der Waals surface area contributed by atoms with Crippen LogP contribution in [-0.2, 0) is 9.53 Å². The first-order valence-corrected chi connectivity index (χ1v) is 4.76. The smallest absolute Gasteiger partial charge is 0.412 e. The second-order valence-corrected chi connectivity index (χ2v) is 3.44. The molecule has 0 N–H and O–H groups in total. The molecule has 0 aliphatic carbocycles. The second-order valence-electron chi connectivity index (χ2n) is 3.44. The van der Waals surface area contributed by atoms with Gasteiger partial charge >= 0.3 is 12.1 Å². The fourth-order valence-corrected chi connectivity index (χ4v) is 0.964. The summed E-state index contributed by atoms with van der Waals surface area (Å²) in [4.78, 5) is 10.8. The number of hydrogen-bond donors (Lipinski definition) is 0. The molecule has 2 nitrogen and oxygen atoms in total. The Hall–Kier alpha value is -1.26. The van der Waals surface area contributed by atoms with Crippen LogP contribution in [0.2, 0.25) is 0 Å². The number of ether oxygens (including phenoxy) is 1. The van der Waals surface area contributed by atoms with Gasteiger partial charge in [0.15, 0.2) is 0 Å². The molecule has 0 aromatic rings. The van der Waals surface area contributed by atoms with E-state index in [-0.39, 0.29) is 6.42 Å². The van der Waals surface area contributed by atoms with Gasteiger partial charge in [0.05, 0.1) is 7.11 Å². The highest BCUT2D eigenvalue weighted by molar-refractivity contribution is 5.82. The lowest BCUT2D eigenvalue weighted by atomic mass is 10.1. The maximum absolute atomic E-state index is 12.1. The maximum Gasteiger partial charge on any atom is 0.412 e. The molecule has 0 aromatic carbocycles. The van der Waals surface area contributed by atoms with E-state index >= 15 is 0 Å². The largest absolute Gasteiger partial charge is 0.466 e. The van der Waals surface area contributed by atoms with Gasteiger partial charge in [-0.2, -0.15) is 13.2 Å². The molecule has 0 bridgehead atoms. The Morgan fingerprint density at radius 2 is 1.88 bits per heavy atom. The van der Waals surface area contributed by atoms with Crippen LogP contribution in [0.4, 0.5) is 13.2 Å². The van der Waals surface area contributed by atoms with Crippen LogP contribution in [0.5, 0.6) is 0 Å². The number of rotatable bonds is 4. The molecule has 0 aliphatic heterocycles. The minimum absolute atomic E-state index is 0.255. The lowest BCUT2D eigenvalue weighted by molar-refractivity contribution is -0.134. The van der Waals surface area contributed by atoms with Gasteiger partial charge in [-0.1, -0.05) is 11.6 Å². The molecule has 0 atom stereocenters. The van der Waals surface area contributed by atoms with E-state index in [0.29, 0.717) is 12.0 Å². The van der Waals surface area contributed by atoms with Crippen LogP contribution in [0.15, 0.2) is 23.3 Å². The molecule has 16 heavy (non-hydrogen) atoms. The number of carbonyl (C=O) groups is 1. The maximum atomic E-state index is 12.1. The molecule has 0 saturated heterocycles. The topological polar surface area (TPSA) is 26.3 Å². The SMILES string of the molecule is COC(=O)/C=C(\C)CC/C=C(/C)C(F)(F)F. The Morgan fingerprint density at radius 1 is 1.31 bits per heavy atom. The van der Waals surface area contributed by atoms with Crippen LogP contribution >= 0.6 is 0 Å². The Bertz CT molecular complexity index is 301. The summed E-state index contributed by atoms with van der Waals surface area (Å²) < 4.78 is 40.6. The van der Waals surface area contributed by atoms with Gasteiger partial charge in [-0.05, 0) is 26.7 Å². The molecule has 0 heterocycles. The lowest BCUT2D eigenvalue weighted by Gasteiger charge is -2.06. The van der Waals surface area contributed by atoms with Crippen molar-refractivity contribution >= 4 is 5.97 Å². The number of esters is 1. The Labute approximate surface area is 92.8 Å². The van der Waals surface area contributed by atoms with Crippen molar-refractivity contribution in [1.82, 2.24) is 0 Å². The van der Waals surface area contributed by atoms with Gasteiger partial charge in [-0.15, -0.1) is 0 Å². The Kier molecular flexibility index (Phi) is 5.85. The van der Waals surface area contributed by atoms with Crippen LogP contribution in [0.3, 0.4) is 0 Å². The lowest BCUT2D eigenvalue weighted by Crippen LogP contribution is -2.08. The van der Waals surface area contributed by atoms with Gasteiger partial charge in [-0.25, -0.2) is 4.79 Å². The normalized spacial score (nSPS) is 13.9. The molecule has 0 fully saturated rings. The van der Waals surface area contributed by atoms with Crippen molar-refractivity contribution in [1.29, 1.82) is 0 Å². The highest BCUT2D eigenvalue weighted by Crippen LogP contribution is 2.25. The summed E-state index contributed by atoms with van der Waals surface area (Å²) in [5, 5.41) is 0. The van der Waals surface area contributed by atoms with Gasteiger partial charge in [0.25, 0.3) is 0 Å². The zero-order valence-electron chi connectivity index (χ0n) is 9.52. The van der Waals surface area contributed by atoms with Crippen molar-refractivity contribution in [2.75, 3.05) is 7.11 Å². The first kappa shape index (κ1) is 14.7. The average molecular weight is 236 g/mol. The molecular weight excluding hydrogens is 221 g/mol. The fourth-order valence-electron chi connectivity index (χ4n) is 0.964. The predicted molar refractivity (Wildman–Crippen MR) is 54.8 cm³/mol. The first-order chi connectivity index (χ1) is 7.27. The first-order valence-electron chi connectivity index (χ1n) is 4.76. The second kappa shape index (κ2) is 6.35. The summed E-state index contributed by atoms with van der Waals surface area (Å²) >= 11 is 0. The van der Waals surface area contributed by atoms with Crippen LogP contribution < -0.4 is 0 Å². The molecule has 0 unspecified atom stereocenters. The summed E-state index contributed by atoms with van der Waals surface area (Å²) in [5.74, 6) is -0.492. The molecule has 5 heteroatoms. The van der Waals surface area contributed by atoms with Gasteiger partial charge in [-0.3, -0.25) is 0 Å². The molecule has 0 radical (unpaired) electrons.